The molecule has 0 aliphatic heterocycles. The second kappa shape index (κ2) is 3.72. The maximum atomic E-state index is 6.51. The van der Waals surface area contributed by atoms with E-state index in [2.05, 4.69) is 41.8 Å². The summed E-state index contributed by atoms with van der Waals surface area (Å²) in [6, 6.07) is 12.9. The van der Waals surface area contributed by atoms with Crippen molar-refractivity contribution in [2.75, 3.05) is 0 Å². The van der Waals surface area contributed by atoms with Crippen LogP contribution < -0.4 is 5.73 Å². The Morgan fingerprint density at radius 1 is 1.06 bits per heavy atom. The van der Waals surface area contributed by atoms with E-state index in [0.717, 1.165) is 19.3 Å². The van der Waals surface area contributed by atoms with Gasteiger partial charge in [0.05, 0.1) is 0 Å². The first-order valence-corrected chi connectivity index (χ1v) is 6.51. The summed E-state index contributed by atoms with van der Waals surface area (Å²) >= 11 is 1.81. The van der Waals surface area contributed by atoms with Gasteiger partial charge in [0.2, 0.25) is 0 Å². The number of nitrogens with two attached hydrogens (primary N) is 1. The van der Waals surface area contributed by atoms with Crippen molar-refractivity contribution in [1.82, 2.24) is 0 Å². The van der Waals surface area contributed by atoms with E-state index >= 15 is 0 Å². The van der Waals surface area contributed by atoms with Gasteiger partial charge in [0.15, 0.2) is 0 Å². The highest BCUT2D eigenvalue weighted by atomic mass is 32.1. The van der Waals surface area contributed by atoms with E-state index in [1.807, 2.05) is 11.3 Å². The molecule has 2 heteroatoms. The van der Waals surface area contributed by atoms with Gasteiger partial charge in [-0.2, -0.15) is 0 Å². The second-order valence-corrected chi connectivity index (χ2v) is 5.77. The van der Waals surface area contributed by atoms with E-state index in [0.29, 0.717) is 0 Å². The molecule has 0 saturated heterocycles. The normalized spacial score (nSPS) is 17.3. The van der Waals surface area contributed by atoms with Crippen LogP contribution in [0.25, 0.3) is 0 Å². The van der Waals surface area contributed by atoms with Crippen LogP contribution in [0, 0.1) is 0 Å². The molecule has 0 fully saturated rings. The van der Waals surface area contributed by atoms with Crippen LogP contribution in [0.3, 0.4) is 0 Å². The van der Waals surface area contributed by atoms with Gasteiger partial charge in [0.25, 0.3) is 0 Å². The van der Waals surface area contributed by atoms with E-state index in [9.17, 15) is 0 Å². The number of hydrogen-bond donors (Lipinski definition) is 1. The molecule has 1 aliphatic carbocycles. The highest BCUT2D eigenvalue weighted by molar-refractivity contribution is 7.09. The number of thiophene rings is 1. The molecule has 82 valence electrons. The SMILES string of the molecule is NC1(Cc2cccs2)Cc2ccccc2C1. The molecular formula is C14H15NS. The van der Waals surface area contributed by atoms with Crippen LogP contribution >= 0.6 is 11.3 Å². The highest BCUT2D eigenvalue weighted by Gasteiger charge is 2.33. The van der Waals surface area contributed by atoms with Crippen molar-refractivity contribution in [3.63, 3.8) is 0 Å². The molecule has 1 heterocycles. The van der Waals surface area contributed by atoms with Crippen molar-refractivity contribution in [1.29, 1.82) is 0 Å². The van der Waals surface area contributed by atoms with E-state index < -0.39 is 0 Å². The fourth-order valence-corrected chi connectivity index (χ4v) is 3.47. The minimum atomic E-state index is -0.0610. The van der Waals surface area contributed by atoms with Gasteiger partial charge >= 0.3 is 0 Å². The molecule has 1 aromatic heterocycles. The summed E-state index contributed by atoms with van der Waals surface area (Å²) in [5.74, 6) is 0. The summed E-state index contributed by atoms with van der Waals surface area (Å²) in [5.41, 5.74) is 9.31. The third-order valence-electron chi connectivity index (χ3n) is 3.31. The Bertz CT molecular complexity index is 457. The predicted molar refractivity (Wildman–Crippen MR) is 68.8 cm³/mol. The molecule has 1 aromatic carbocycles. The van der Waals surface area contributed by atoms with Crippen molar-refractivity contribution in [2.24, 2.45) is 5.73 Å². The molecule has 2 N–H and O–H groups in total. The Morgan fingerprint density at radius 2 is 1.75 bits per heavy atom. The fourth-order valence-electron chi connectivity index (χ4n) is 2.61. The molecule has 3 rings (SSSR count). The molecule has 0 unspecified atom stereocenters. The quantitative estimate of drug-likeness (QED) is 0.842. The molecule has 0 atom stereocenters. The molecular weight excluding hydrogens is 214 g/mol. The maximum Gasteiger partial charge on any atom is 0.0284 e. The molecule has 0 amide bonds. The Kier molecular flexibility index (Phi) is 2.34. The fraction of sp³-hybridized carbons (Fsp3) is 0.286. The van der Waals surface area contributed by atoms with Crippen molar-refractivity contribution < 1.29 is 0 Å². The lowest BCUT2D eigenvalue weighted by atomic mass is 9.92. The summed E-state index contributed by atoms with van der Waals surface area (Å²) in [7, 11) is 0. The van der Waals surface area contributed by atoms with Gasteiger partial charge in [-0.1, -0.05) is 30.3 Å². The first-order valence-electron chi connectivity index (χ1n) is 5.63. The van der Waals surface area contributed by atoms with Crippen molar-refractivity contribution in [2.45, 2.75) is 24.8 Å². The summed E-state index contributed by atoms with van der Waals surface area (Å²) in [5, 5.41) is 2.13. The van der Waals surface area contributed by atoms with Crippen LogP contribution in [0.1, 0.15) is 16.0 Å². The molecule has 1 aliphatic rings. The Morgan fingerprint density at radius 3 is 2.31 bits per heavy atom. The summed E-state index contributed by atoms with van der Waals surface area (Å²) < 4.78 is 0. The Labute approximate surface area is 99.9 Å². The zero-order valence-corrected chi connectivity index (χ0v) is 9.96. The molecule has 0 bridgehead atoms. The van der Waals surface area contributed by atoms with Gasteiger partial charge in [-0.25, -0.2) is 0 Å². The van der Waals surface area contributed by atoms with E-state index in [4.69, 9.17) is 5.73 Å². The number of fused-ring (bicyclic) bond motifs is 1. The molecule has 16 heavy (non-hydrogen) atoms. The van der Waals surface area contributed by atoms with Crippen molar-refractivity contribution in [3.8, 4) is 0 Å². The van der Waals surface area contributed by atoms with Crippen molar-refractivity contribution in [3.05, 3.63) is 57.8 Å². The van der Waals surface area contributed by atoms with E-state index in [1.54, 1.807) is 0 Å². The molecule has 0 spiro atoms. The Balaban J connectivity index is 1.83. The van der Waals surface area contributed by atoms with E-state index in [-0.39, 0.29) is 5.54 Å². The monoisotopic (exact) mass is 229 g/mol. The predicted octanol–water partition coefficient (Wildman–Crippen LogP) is 2.79. The lowest BCUT2D eigenvalue weighted by molar-refractivity contribution is 0.449. The van der Waals surface area contributed by atoms with Gasteiger partial charge in [-0.15, -0.1) is 11.3 Å². The van der Waals surface area contributed by atoms with Crippen LogP contribution in [0.15, 0.2) is 41.8 Å². The second-order valence-electron chi connectivity index (χ2n) is 4.74. The summed E-state index contributed by atoms with van der Waals surface area (Å²) in [6.45, 7) is 0. The average molecular weight is 229 g/mol. The van der Waals surface area contributed by atoms with Gasteiger partial charge in [0.1, 0.15) is 0 Å². The lowest BCUT2D eigenvalue weighted by Crippen LogP contribution is -2.42. The minimum absolute atomic E-state index is 0.0610. The van der Waals surface area contributed by atoms with Gasteiger partial charge in [-0.3, -0.25) is 0 Å². The first kappa shape index (κ1) is 10.1. The Hall–Kier alpha value is -1.12. The summed E-state index contributed by atoms with van der Waals surface area (Å²) in [6.07, 6.45) is 3.03. The standard InChI is InChI=1S/C14H15NS/c15-14(10-13-6-3-7-16-13)8-11-4-1-2-5-12(11)9-14/h1-7H,8-10,15H2. The number of benzene rings is 1. The topological polar surface area (TPSA) is 26.0 Å². The third-order valence-corrected chi connectivity index (χ3v) is 4.19. The smallest absolute Gasteiger partial charge is 0.0284 e. The van der Waals surface area contributed by atoms with Gasteiger partial charge in [-0.05, 0) is 35.4 Å². The highest BCUT2D eigenvalue weighted by Crippen LogP contribution is 2.31. The van der Waals surface area contributed by atoms with Crippen LogP contribution in [-0.2, 0) is 19.3 Å². The zero-order chi connectivity index (χ0) is 11.0. The maximum absolute atomic E-state index is 6.51. The molecule has 2 aromatic rings. The summed E-state index contributed by atoms with van der Waals surface area (Å²) in [4.78, 5) is 1.40. The first-order chi connectivity index (χ1) is 7.75. The molecule has 0 saturated carbocycles. The zero-order valence-electron chi connectivity index (χ0n) is 9.15. The van der Waals surface area contributed by atoms with Crippen LogP contribution in [0.5, 0.6) is 0 Å². The van der Waals surface area contributed by atoms with Crippen molar-refractivity contribution >= 4 is 11.3 Å². The molecule has 1 nitrogen and oxygen atoms in total. The van der Waals surface area contributed by atoms with Crippen LogP contribution in [-0.4, -0.2) is 5.54 Å². The number of rotatable bonds is 2. The lowest BCUT2D eigenvalue weighted by Gasteiger charge is -2.22. The number of hydrogen-bond acceptors (Lipinski definition) is 2. The van der Waals surface area contributed by atoms with Crippen LogP contribution in [0.4, 0.5) is 0 Å². The third kappa shape index (κ3) is 1.79. The van der Waals surface area contributed by atoms with Crippen LogP contribution in [0.2, 0.25) is 0 Å². The van der Waals surface area contributed by atoms with Gasteiger partial charge in [0, 0.05) is 16.8 Å². The van der Waals surface area contributed by atoms with E-state index in [1.165, 1.54) is 16.0 Å². The van der Waals surface area contributed by atoms with Gasteiger partial charge < -0.3 is 5.73 Å². The average Bonchev–Trinajstić information content (AvgIpc) is 2.83. The molecule has 0 radical (unpaired) electrons. The minimum Gasteiger partial charge on any atom is -0.324 e. The largest absolute Gasteiger partial charge is 0.324 e.